The fraction of sp³-hybridized carbons (Fsp3) is 0.875. The lowest BCUT2D eigenvalue weighted by molar-refractivity contribution is 0.135. The van der Waals surface area contributed by atoms with Gasteiger partial charge in [-0.25, -0.2) is 0 Å². The highest BCUT2D eigenvalue weighted by atomic mass is 28.4. The molecule has 0 aromatic rings. The Bertz CT molecular complexity index is 290. The van der Waals surface area contributed by atoms with Crippen LogP contribution in [0.5, 0.6) is 0 Å². The Labute approximate surface area is 121 Å². The van der Waals surface area contributed by atoms with Crippen LogP contribution in [-0.4, -0.2) is 26.1 Å². The maximum atomic E-state index is 9.16. The lowest BCUT2D eigenvalue weighted by Crippen LogP contribution is -2.45. The van der Waals surface area contributed by atoms with E-state index >= 15 is 0 Å². The third-order valence-electron chi connectivity index (χ3n) is 4.21. The standard InChI is InChI=1S/C16H34O2Si/c1-9-10-15(14(3)11-13(2)12-17)18-19(7,8)16(4,5)6/h11,14-15,17H,9-10,12H2,1-8H3/t14-,15-/m1/s1. The molecule has 0 aliphatic carbocycles. The van der Waals surface area contributed by atoms with Crippen molar-refractivity contribution in [2.45, 2.75) is 78.6 Å². The molecule has 0 aliphatic heterocycles. The second-order valence-electron chi connectivity index (χ2n) is 7.24. The van der Waals surface area contributed by atoms with E-state index in [2.05, 4.69) is 53.8 Å². The SMILES string of the molecule is CCC[C@@H](O[Si](C)(C)C(C)(C)C)[C@H](C)C=C(C)CO. The predicted octanol–water partition coefficient (Wildman–Crippen LogP) is 4.75. The molecule has 0 aromatic heterocycles. The fourth-order valence-electron chi connectivity index (χ4n) is 1.88. The second kappa shape index (κ2) is 7.60. The number of rotatable bonds is 7. The molecule has 19 heavy (non-hydrogen) atoms. The molecule has 0 fully saturated rings. The predicted molar refractivity (Wildman–Crippen MR) is 87.0 cm³/mol. The lowest BCUT2D eigenvalue weighted by Gasteiger charge is -2.40. The molecular weight excluding hydrogens is 252 g/mol. The van der Waals surface area contributed by atoms with Gasteiger partial charge in [0.05, 0.1) is 12.7 Å². The number of aliphatic hydroxyl groups is 1. The third kappa shape index (κ3) is 6.24. The molecule has 0 aliphatic rings. The Morgan fingerprint density at radius 2 is 1.84 bits per heavy atom. The fourth-order valence-corrected chi connectivity index (χ4v) is 3.32. The van der Waals surface area contributed by atoms with Crippen LogP contribution in [0.15, 0.2) is 11.6 Å². The number of hydrogen-bond donors (Lipinski definition) is 1. The van der Waals surface area contributed by atoms with Crippen LogP contribution in [0.1, 0.15) is 54.4 Å². The molecule has 0 radical (unpaired) electrons. The first kappa shape index (κ1) is 18.9. The quantitative estimate of drug-likeness (QED) is 0.540. The zero-order chi connectivity index (χ0) is 15.3. The minimum atomic E-state index is -1.72. The molecule has 2 nitrogen and oxygen atoms in total. The van der Waals surface area contributed by atoms with Gasteiger partial charge in [-0.2, -0.15) is 0 Å². The van der Waals surface area contributed by atoms with Crippen LogP contribution in [-0.2, 0) is 4.43 Å². The number of aliphatic hydroxyl groups excluding tert-OH is 1. The van der Waals surface area contributed by atoms with Crippen molar-refractivity contribution in [1.82, 2.24) is 0 Å². The highest BCUT2D eigenvalue weighted by Crippen LogP contribution is 2.38. The summed E-state index contributed by atoms with van der Waals surface area (Å²) in [5, 5.41) is 9.40. The summed E-state index contributed by atoms with van der Waals surface area (Å²) < 4.78 is 6.56. The molecule has 1 N–H and O–H groups in total. The second-order valence-corrected chi connectivity index (χ2v) is 12.0. The van der Waals surface area contributed by atoms with E-state index in [1.54, 1.807) is 0 Å². The molecule has 0 saturated heterocycles. The number of hydrogen-bond acceptors (Lipinski definition) is 2. The molecule has 0 heterocycles. The van der Waals surface area contributed by atoms with Crippen molar-refractivity contribution < 1.29 is 9.53 Å². The van der Waals surface area contributed by atoms with E-state index in [4.69, 9.17) is 9.53 Å². The Balaban J connectivity index is 4.93. The van der Waals surface area contributed by atoms with Gasteiger partial charge in [-0.05, 0) is 37.4 Å². The third-order valence-corrected chi connectivity index (χ3v) is 8.71. The van der Waals surface area contributed by atoms with Gasteiger partial charge in [0.15, 0.2) is 8.32 Å². The van der Waals surface area contributed by atoms with Crippen LogP contribution in [0.3, 0.4) is 0 Å². The molecule has 0 saturated carbocycles. The Morgan fingerprint density at radius 3 is 2.21 bits per heavy atom. The van der Waals surface area contributed by atoms with Gasteiger partial charge < -0.3 is 9.53 Å². The molecule has 0 amide bonds. The van der Waals surface area contributed by atoms with Crippen LogP contribution in [0.25, 0.3) is 0 Å². The van der Waals surface area contributed by atoms with E-state index in [1.807, 2.05) is 6.92 Å². The van der Waals surface area contributed by atoms with Crippen LogP contribution < -0.4 is 0 Å². The Morgan fingerprint density at radius 1 is 1.32 bits per heavy atom. The van der Waals surface area contributed by atoms with E-state index in [0.29, 0.717) is 5.92 Å². The maximum absolute atomic E-state index is 9.16. The zero-order valence-electron chi connectivity index (χ0n) is 14.2. The Hall–Kier alpha value is -0.123. The van der Waals surface area contributed by atoms with Gasteiger partial charge in [-0.3, -0.25) is 0 Å². The first-order chi connectivity index (χ1) is 8.55. The van der Waals surface area contributed by atoms with Gasteiger partial charge in [0.25, 0.3) is 0 Å². The first-order valence-electron chi connectivity index (χ1n) is 7.51. The molecule has 0 unspecified atom stereocenters. The molecule has 2 atom stereocenters. The molecular formula is C16H34O2Si. The van der Waals surface area contributed by atoms with E-state index < -0.39 is 8.32 Å². The van der Waals surface area contributed by atoms with Crippen molar-refractivity contribution in [3.05, 3.63) is 11.6 Å². The summed E-state index contributed by atoms with van der Waals surface area (Å²) in [4.78, 5) is 0. The van der Waals surface area contributed by atoms with Gasteiger partial charge in [0.2, 0.25) is 0 Å². The molecule has 114 valence electrons. The normalized spacial score (nSPS) is 17.4. The van der Waals surface area contributed by atoms with Gasteiger partial charge in [-0.1, -0.05) is 52.7 Å². The average Bonchev–Trinajstić information content (AvgIpc) is 2.26. The molecule has 0 rings (SSSR count). The summed E-state index contributed by atoms with van der Waals surface area (Å²) in [6.07, 6.45) is 4.65. The summed E-state index contributed by atoms with van der Waals surface area (Å²) in [5.41, 5.74) is 1.03. The topological polar surface area (TPSA) is 29.5 Å². The average molecular weight is 287 g/mol. The highest BCUT2D eigenvalue weighted by Gasteiger charge is 2.39. The van der Waals surface area contributed by atoms with Crippen molar-refractivity contribution in [3.63, 3.8) is 0 Å². The molecule has 0 bridgehead atoms. The zero-order valence-corrected chi connectivity index (χ0v) is 15.2. The minimum Gasteiger partial charge on any atom is -0.413 e. The lowest BCUT2D eigenvalue weighted by atomic mass is 9.98. The maximum Gasteiger partial charge on any atom is 0.192 e. The van der Waals surface area contributed by atoms with E-state index in [1.165, 1.54) is 0 Å². The smallest absolute Gasteiger partial charge is 0.192 e. The molecule has 0 spiro atoms. The van der Waals surface area contributed by atoms with Crippen LogP contribution >= 0.6 is 0 Å². The van der Waals surface area contributed by atoms with E-state index in [-0.39, 0.29) is 17.7 Å². The summed E-state index contributed by atoms with van der Waals surface area (Å²) in [6, 6.07) is 0. The first-order valence-corrected chi connectivity index (χ1v) is 10.4. The minimum absolute atomic E-state index is 0.142. The van der Waals surface area contributed by atoms with E-state index in [0.717, 1.165) is 18.4 Å². The van der Waals surface area contributed by atoms with Crippen LogP contribution in [0, 0.1) is 5.92 Å². The van der Waals surface area contributed by atoms with Crippen molar-refractivity contribution in [2.75, 3.05) is 6.61 Å². The molecule has 0 aromatic carbocycles. The van der Waals surface area contributed by atoms with Crippen molar-refractivity contribution in [3.8, 4) is 0 Å². The summed E-state index contributed by atoms with van der Waals surface area (Å²) in [7, 11) is -1.72. The van der Waals surface area contributed by atoms with Gasteiger partial charge in [0, 0.05) is 0 Å². The van der Waals surface area contributed by atoms with Crippen LogP contribution in [0.2, 0.25) is 18.1 Å². The van der Waals surface area contributed by atoms with Gasteiger partial charge in [-0.15, -0.1) is 0 Å². The van der Waals surface area contributed by atoms with Crippen molar-refractivity contribution in [2.24, 2.45) is 5.92 Å². The summed E-state index contributed by atoms with van der Waals surface area (Å²) >= 11 is 0. The molecule has 3 heteroatoms. The van der Waals surface area contributed by atoms with Gasteiger partial charge in [0.1, 0.15) is 0 Å². The Kier molecular flexibility index (Phi) is 7.55. The monoisotopic (exact) mass is 286 g/mol. The van der Waals surface area contributed by atoms with E-state index in [9.17, 15) is 0 Å². The largest absolute Gasteiger partial charge is 0.413 e. The van der Waals surface area contributed by atoms with Gasteiger partial charge >= 0.3 is 0 Å². The highest BCUT2D eigenvalue weighted by molar-refractivity contribution is 6.74. The van der Waals surface area contributed by atoms with Crippen molar-refractivity contribution >= 4 is 8.32 Å². The van der Waals surface area contributed by atoms with Crippen molar-refractivity contribution in [1.29, 1.82) is 0 Å². The van der Waals surface area contributed by atoms with Crippen LogP contribution in [0.4, 0.5) is 0 Å². The summed E-state index contributed by atoms with van der Waals surface area (Å²) in [5.74, 6) is 0.362. The summed E-state index contributed by atoms with van der Waals surface area (Å²) in [6.45, 7) is 18.0.